The maximum atomic E-state index is 13.7. The van der Waals surface area contributed by atoms with E-state index in [1.807, 2.05) is 20.8 Å². The van der Waals surface area contributed by atoms with Crippen LogP contribution >= 0.6 is 0 Å². The lowest BCUT2D eigenvalue weighted by atomic mass is 10.1. The summed E-state index contributed by atoms with van der Waals surface area (Å²) < 4.78 is 53.9. The van der Waals surface area contributed by atoms with Gasteiger partial charge in [0.1, 0.15) is 17.1 Å². The second-order valence-corrected chi connectivity index (χ2v) is 28.9. The Hall–Kier alpha value is -2.70. The average molecular weight is 877 g/mol. The number of carbonyl (C=O) groups excluding carboxylic acids is 1. The standard InChI is InChI=1S/C46H80N2O10Si2/c1-44(2,3)56-43(49)48(21-20-38-16-19-41(57-59(10,11)45(4,5)6)42(36-38)58-60(12,13)46(7,8)9)37-39-14-17-40(18-15-39)47-22-24-50-26-28-52-30-32-54-34-35-55-33-31-53-29-27-51-25-23-47/h14-19,36H,20-35,37H2,1-13H3. The average Bonchev–Trinajstić information content (AvgIpc) is 3.14. The first kappa shape index (κ1) is 51.7. The Balaban J connectivity index is 1.77. The molecule has 1 aliphatic rings. The molecular formula is C46H80N2O10Si2. The predicted molar refractivity (Wildman–Crippen MR) is 246 cm³/mol. The van der Waals surface area contributed by atoms with Gasteiger partial charge < -0.3 is 51.8 Å². The quantitative estimate of drug-likeness (QED) is 0.213. The number of hydrogen-bond donors (Lipinski definition) is 0. The highest BCUT2D eigenvalue weighted by Crippen LogP contribution is 2.44. The van der Waals surface area contributed by atoms with Crippen LogP contribution in [0.1, 0.15) is 73.4 Å². The Bertz CT molecular complexity index is 1520. The van der Waals surface area contributed by atoms with Crippen molar-refractivity contribution in [2.45, 2.75) is 117 Å². The third-order valence-corrected chi connectivity index (χ3v) is 19.9. The Labute approximate surface area is 365 Å². The molecule has 0 radical (unpaired) electrons. The van der Waals surface area contributed by atoms with Crippen LogP contribution in [0, 0.1) is 0 Å². The molecule has 0 saturated carbocycles. The van der Waals surface area contributed by atoms with E-state index in [1.54, 1.807) is 4.90 Å². The van der Waals surface area contributed by atoms with Crippen molar-refractivity contribution >= 4 is 28.4 Å². The van der Waals surface area contributed by atoms with E-state index in [0.717, 1.165) is 28.3 Å². The minimum Gasteiger partial charge on any atom is -0.541 e. The summed E-state index contributed by atoms with van der Waals surface area (Å²) in [6.45, 7) is 36.7. The summed E-state index contributed by atoms with van der Waals surface area (Å²) in [6.07, 6.45) is 0.274. The van der Waals surface area contributed by atoms with Crippen LogP contribution in [0.4, 0.5) is 10.5 Å². The largest absolute Gasteiger partial charge is 0.541 e. The molecule has 0 aromatic heterocycles. The first-order chi connectivity index (χ1) is 28.1. The molecule has 0 bridgehead atoms. The molecule has 1 saturated heterocycles. The molecule has 3 rings (SSSR count). The zero-order valence-electron chi connectivity index (χ0n) is 39.5. The summed E-state index contributed by atoms with van der Waals surface area (Å²) in [5.41, 5.74) is 2.49. The molecule has 0 N–H and O–H groups in total. The van der Waals surface area contributed by atoms with Crippen LogP contribution in [0.3, 0.4) is 0 Å². The molecule has 1 aliphatic heterocycles. The highest BCUT2D eigenvalue weighted by Gasteiger charge is 2.42. The van der Waals surface area contributed by atoms with Crippen molar-refractivity contribution in [1.29, 1.82) is 0 Å². The molecule has 1 amide bonds. The summed E-state index contributed by atoms with van der Waals surface area (Å²) in [4.78, 5) is 17.8. The van der Waals surface area contributed by atoms with Gasteiger partial charge in [-0.05, 0) is 98.8 Å². The number of benzene rings is 2. The molecule has 0 unspecified atom stereocenters. The van der Waals surface area contributed by atoms with E-state index in [2.05, 4.69) is 115 Å². The lowest BCUT2D eigenvalue weighted by molar-refractivity contribution is -0.0152. The molecule has 1 fully saturated rings. The van der Waals surface area contributed by atoms with Gasteiger partial charge in [-0.2, -0.15) is 0 Å². The van der Waals surface area contributed by atoms with E-state index < -0.39 is 22.2 Å². The van der Waals surface area contributed by atoms with Crippen molar-refractivity contribution in [3.8, 4) is 11.5 Å². The van der Waals surface area contributed by atoms with Crippen molar-refractivity contribution in [1.82, 2.24) is 4.90 Å². The Morgan fingerprint density at radius 1 is 0.583 bits per heavy atom. The Morgan fingerprint density at radius 2 is 0.983 bits per heavy atom. The SMILES string of the molecule is CC(C)(C)OC(=O)N(CCc1ccc(O[Si](C)(C)C(C)(C)C)c(O[Si](C)(C)C(C)(C)C)c1)Cc1ccc(N2CCOCCOCCOCCOCCOCCOCC2)cc1. The summed E-state index contributed by atoms with van der Waals surface area (Å²) in [5, 5.41) is 0.0494. The number of amides is 1. The van der Waals surface area contributed by atoms with Crippen molar-refractivity contribution in [3.05, 3.63) is 53.6 Å². The third kappa shape index (κ3) is 18.7. The fourth-order valence-electron chi connectivity index (χ4n) is 5.51. The first-order valence-electron chi connectivity index (χ1n) is 21.9. The summed E-state index contributed by atoms with van der Waals surface area (Å²) >= 11 is 0. The lowest BCUT2D eigenvalue weighted by Crippen LogP contribution is -2.45. The van der Waals surface area contributed by atoms with Crippen molar-refractivity contribution in [3.63, 3.8) is 0 Å². The maximum absolute atomic E-state index is 13.7. The van der Waals surface area contributed by atoms with E-state index in [1.165, 1.54) is 0 Å². The highest BCUT2D eigenvalue weighted by atomic mass is 28.4. The summed E-state index contributed by atoms with van der Waals surface area (Å²) in [7, 11) is -4.33. The van der Waals surface area contributed by atoms with E-state index in [4.69, 9.17) is 42.0 Å². The molecule has 14 heteroatoms. The smallest absolute Gasteiger partial charge is 0.410 e. The van der Waals surface area contributed by atoms with Crippen LogP contribution in [0.2, 0.25) is 36.3 Å². The second kappa shape index (κ2) is 24.2. The Morgan fingerprint density at radius 3 is 1.40 bits per heavy atom. The molecule has 1 heterocycles. The normalized spacial score (nSPS) is 17.3. The highest BCUT2D eigenvalue weighted by molar-refractivity contribution is 6.75. The zero-order valence-corrected chi connectivity index (χ0v) is 41.5. The van der Waals surface area contributed by atoms with Crippen molar-refractivity contribution in [2.24, 2.45) is 0 Å². The molecule has 342 valence electrons. The van der Waals surface area contributed by atoms with Gasteiger partial charge in [-0.1, -0.05) is 59.7 Å². The zero-order chi connectivity index (χ0) is 44.5. The van der Waals surface area contributed by atoms with Crippen LogP contribution in [-0.4, -0.2) is 132 Å². The molecule has 2 aromatic rings. The van der Waals surface area contributed by atoms with Gasteiger partial charge in [0.2, 0.25) is 0 Å². The fraction of sp³-hybridized carbons (Fsp3) is 0.717. The molecule has 0 aliphatic carbocycles. The summed E-state index contributed by atoms with van der Waals surface area (Å²) in [5.74, 6) is 1.59. The van der Waals surface area contributed by atoms with Gasteiger partial charge in [0.25, 0.3) is 16.6 Å². The topological polar surface area (TPSA) is 107 Å². The van der Waals surface area contributed by atoms with Gasteiger partial charge in [0.05, 0.1) is 79.3 Å². The molecule has 0 atom stereocenters. The Kier molecular flexibility index (Phi) is 20.9. The van der Waals surface area contributed by atoms with Crippen molar-refractivity contribution in [2.75, 3.05) is 104 Å². The number of ether oxygens (including phenoxy) is 7. The van der Waals surface area contributed by atoms with Gasteiger partial charge in [-0.15, -0.1) is 0 Å². The molecule has 2 aromatic carbocycles. The van der Waals surface area contributed by atoms with Crippen LogP contribution in [0.25, 0.3) is 0 Å². The van der Waals surface area contributed by atoms with Gasteiger partial charge in [-0.3, -0.25) is 0 Å². The predicted octanol–water partition coefficient (Wildman–Crippen LogP) is 9.35. The molecular weight excluding hydrogens is 797 g/mol. The number of hydrogen-bond acceptors (Lipinski definition) is 11. The van der Waals surface area contributed by atoms with Gasteiger partial charge in [0, 0.05) is 31.9 Å². The van der Waals surface area contributed by atoms with Crippen LogP contribution in [0.5, 0.6) is 11.5 Å². The van der Waals surface area contributed by atoms with Crippen LogP contribution in [-0.2, 0) is 46.1 Å². The number of nitrogens with zero attached hydrogens (tertiary/aromatic N) is 2. The van der Waals surface area contributed by atoms with Crippen molar-refractivity contribution < 1.29 is 46.8 Å². The number of anilines is 1. The van der Waals surface area contributed by atoms with Crippen LogP contribution < -0.4 is 13.8 Å². The maximum Gasteiger partial charge on any atom is 0.410 e. The fourth-order valence-corrected chi connectivity index (χ4v) is 7.55. The van der Waals surface area contributed by atoms with E-state index >= 15 is 0 Å². The van der Waals surface area contributed by atoms with Gasteiger partial charge >= 0.3 is 6.09 Å². The monoisotopic (exact) mass is 877 g/mol. The third-order valence-electron chi connectivity index (χ3n) is 11.2. The first-order valence-corrected chi connectivity index (χ1v) is 27.7. The van der Waals surface area contributed by atoms with E-state index in [9.17, 15) is 4.79 Å². The lowest BCUT2D eigenvalue weighted by Gasteiger charge is -2.39. The second-order valence-electron chi connectivity index (χ2n) is 19.5. The minimum atomic E-state index is -2.19. The summed E-state index contributed by atoms with van der Waals surface area (Å²) in [6, 6.07) is 14.7. The molecule has 0 spiro atoms. The molecule has 12 nitrogen and oxygen atoms in total. The van der Waals surface area contributed by atoms with Gasteiger partial charge in [0.15, 0.2) is 0 Å². The number of rotatable bonds is 10. The van der Waals surface area contributed by atoms with Crippen LogP contribution in [0.15, 0.2) is 42.5 Å². The van der Waals surface area contributed by atoms with Gasteiger partial charge in [-0.25, -0.2) is 4.79 Å². The van der Waals surface area contributed by atoms with E-state index in [-0.39, 0.29) is 16.2 Å². The molecule has 60 heavy (non-hydrogen) atoms. The number of carbonyl (C=O) groups is 1. The minimum absolute atomic E-state index is 0.0134. The van der Waals surface area contributed by atoms with E-state index in [0.29, 0.717) is 112 Å².